The van der Waals surface area contributed by atoms with Crippen LogP contribution in [0.3, 0.4) is 0 Å². The quantitative estimate of drug-likeness (QED) is 0.471. The van der Waals surface area contributed by atoms with Gasteiger partial charge >= 0.3 is 0 Å². The Kier molecular flexibility index (Phi) is 5.50. The fourth-order valence-electron chi connectivity index (χ4n) is 3.17. The van der Waals surface area contributed by atoms with Crippen LogP contribution in [0.5, 0.6) is 5.75 Å². The van der Waals surface area contributed by atoms with Crippen molar-refractivity contribution < 1.29 is 9.84 Å². The van der Waals surface area contributed by atoms with Gasteiger partial charge < -0.3 is 15.2 Å². The summed E-state index contributed by atoms with van der Waals surface area (Å²) in [4.78, 5) is 10.3. The van der Waals surface area contributed by atoms with Crippen LogP contribution in [0.15, 0.2) is 60.0 Å². The van der Waals surface area contributed by atoms with E-state index in [1.807, 2.05) is 30.3 Å². The largest absolute Gasteiger partial charge is 0.508 e. The van der Waals surface area contributed by atoms with Gasteiger partial charge in [0, 0.05) is 24.6 Å². The number of phenols is 1. The molecule has 0 fully saturated rings. The van der Waals surface area contributed by atoms with Crippen LogP contribution >= 0.6 is 11.3 Å². The average Bonchev–Trinajstić information content (AvgIpc) is 3.13. The van der Waals surface area contributed by atoms with Gasteiger partial charge in [-0.05, 0) is 29.7 Å². The molecule has 2 heterocycles. The van der Waals surface area contributed by atoms with Gasteiger partial charge in [-0.1, -0.05) is 42.5 Å². The Morgan fingerprint density at radius 1 is 1.07 bits per heavy atom. The number of phenolic OH excluding ortho intramolecular Hbond substituents is 1. The van der Waals surface area contributed by atoms with E-state index in [9.17, 15) is 5.11 Å². The number of aromatic nitrogens is 2. The lowest BCUT2D eigenvalue weighted by Crippen LogP contribution is -2.09. The predicted molar refractivity (Wildman–Crippen MR) is 114 cm³/mol. The maximum absolute atomic E-state index is 9.65. The van der Waals surface area contributed by atoms with Crippen molar-refractivity contribution in [3.63, 3.8) is 0 Å². The number of ether oxygens (including phenoxy) is 1. The molecule has 142 valence electrons. The highest BCUT2D eigenvalue weighted by molar-refractivity contribution is 7.17. The molecule has 0 saturated heterocycles. The number of thiophene rings is 1. The molecule has 0 aliphatic rings. The molecule has 0 aliphatic heterocycles. The zero-order valence-electron chi connectivity index (χ0n) is 15.6. The third kappa shape index (κ3) is 3.98. The molecular weight excluding hydrogens is 370 g/mol. The lowest BCUT2D eigenvalue weighted by Gasteiger charge is -2.11. The van der Waals surface area contributed by atoms with E-state index in [-0.39, 0.29) is 5.75 Å². The summed E-state index contributed by atoms with van der Waals surface area (Å²) in [6.07, 6.45) is 0.782. The molecule has 28 heavy (non-hydrogen) atoms. The zero-order chi connectivity index (χ0) is 19.3. The first-order chi connectivity index (χ1) is 13.7. The summed E-state index contributed by atoms with van der Waals surface area (Å²) < 4.78 is 5.23. The Hall–Kier alpha value is -2.96. The fraction of sp³-hybridized carbons (Fsp3) is 0.182. The molecular formula is C22H21N3O2S. The SMILES string of the molecule is COCc1nc(NCCc2cccc(O)c2)c2c(-c3ccccc3)csc2n1. The van der Waals surface area contributed by atoms with Crippen LogP contribution in [-0.4, -0.2) is 28.7 Å². The van der Waals surface area contributed by atoms with Crippen LogP contribution < -0.4 is 5.32 Å². The van der Waals surface area contributed by atoms with Crippen molar-refractivity contribution in [2.45, 2.75) is 13.0 Å². The van der Waals surface area contributed by atoms with Crippen LogP contribution in [0, 0.1) is 0 Å². The molecule has 2 aromatic heterocycles. The minimum absolute atomic E-state index is 0.286. The van der Waals surface area contributed by atoms with E-state index in [0.29, 0.717) is 19.0 Å². The number of hydrogen-bond acceptors (Lipinski definition) is 6. The second kappa shape index (κ2) is 8.37. The van der Waals surface area contributed by atoms with Gasteiger partial charge in [-0.2, -0.15) is 0 Å². The number of fused-ring (bicyclic) bond motifs is 1. The summed E-state index contributed by atoms with van der Waals surface area (Å²) in [5, 5.41) is 16.3. The van der Waals surface area contributed by atoms with E-state index in [1.165, 1.54) is 0 Å². The Morgan fingerprint density at radius 3 is 2.71 bits per heavy atom. The maximum atomic E-state index is 9.65. The number of hydrogen-bond donors (Lipinski definition) is 2. The van der Waals surface area contributed by atoms with Crippen molar-refractivity contribution in [3.8, 4) is 16.9 Å². The number of methoxy groups -OCH3 is 1. The minimum atomic E-state index is 0.286. The molecule has 2 N–H and O–H groups in total. The summed E-state index contributed by atoms with van der Waals surface area (Å²) in [7, 11) is 1.65. The maximum Gasteiger partial charge on any atom is 0.158 e. The highest BCUT2D eigenvalue weighted by atomic mass is 32.1. The van der Waals surface area contributed by atoms with E-state index >= 15 is 0 Å². The molecule has 6 heteroatoms. The third-order valence-corrected chi connectivity index (χ3v) is 5.33. The van der Waals surface area contributed by atoms with Gasteiger partial charge in [0.25, 0.3) is 0 Å². The first-order valence-electron chi connectivity index (χ1n) is 9.09. The van der Waals surface area contributed by atoms with Crippen molar-refractivity contribution in [2.24, 2.45) is 0 Å². The van der Waals surface area contributed by atoms with Crippen LogP contribution in [0.1, 0.15) is 11.4 Å². The molecule has 0 unspecified atom stereocenters. The molecule has 4 aromatic rings. The number of anilines is 1. The van der Waals surface area contributed by atoms with Crippen LogP contribution in [0.2, 0.25) is 0 Å². The lowest BCUT2D eigenvalue weighted by atomic mass is 10.1. The van der Waals surface area contributed by atoms with E-state index in [2.05, 4.69) is 27.8 Å². The van der Waals surface area contributed by atoms with Gasteiger partial charge in [-0.3, -0.25) is 0 Å². The number of nitrogens with zero attached hydrogens (tertiary/aromatic N) is 2. The summed E-state index contributed by atoms with van der Waals surface area (Å²) in [6, 6.07) is 17.6. The Balaban J connectivity index is 1.67. The van der Waals surface area contributed by atoms with Gasteiger partial charge in [0.2, 0.25) is 0 Å². The van der Waals surface area contributed by atoms with Crippen molar-refractivity contribution >= 4 is 27.4 Å². The molecule has 0 amide bonds. The first kappa shape index (κ1) is 18.4. The lowest BCUT2D eigenvalue weighted by molar-refractivity contribution is 0.178. The van der Waals surface area contributed by atoms with Gasteiger partial charge in [-0.25, -0.2) is 9.97 Å². The Labute approximate surface area is 167 Å². The molecule has 0 spiro atoms. The first-order valence-corrected chi connectivity index (χ1v) is 9.97. The minimum Gasteiger partial charge on any atom is -0.508 e. The topological polar surface area (TPSA) is 67.3 Å². The highest BCUT2D eigenvalue weighted by Crippen LogP contribution is 2.37. The molecule has 4 rings (SSSR count). The molecule has 0 atom stereocenters. The monoisotopic (exact) mass is 391 g/mol. The second-order valence-electron chi connectivity index (χ2n) is 6.46. The highest BCUT2D eigenvalue weighted by Gasteiger charge is 2.15. The standard InChI is InChI=1S/C22H21N3O2S/c1-27-13-19-24-21(23-11-10-15-6-5-9-17(26)12-15)20-18(14-28-22(20)25-19)16-7-3-2-4-8-16/h2-9,12,14,26H,10-11,13H2,1H3,(H,23,24,25). The van der Waals surface area contributed by atoms with Crippen molar-refractivity contribution in [2.75, 3.05) is 19.0 Å². The molecule has 2 aromatic carbocycles. The average molecular weight is 391 g/mol. The summed E-state index contributed by atoms with van der Waals surface area (Å²) in [5.41, 5.74) is 3.35. The van der Waals surface area contributed by atoms with E-state index in [4.69, 9.17) is 9.72 Å². The van der Waals surface area contributed by atoms with E-state index in [0.717, 1.165) is 39.1 Å². The number of rotatable bonds is 7. The number of aromatic hydroxyl groups is 1. The number of nitrogens with one attached hydrogen (secondary N) is 1. The van der Waals surface area contributed by atoms with Crippen molar-refractivity contribution in [3.05, 3.63) is 71.4 Å². The molecule has 0 bridgehead atoms. The van der Waals surface area contributed by atoms with Gasteiger partial charge in [0.1, 0.15) is 23.0 Å². The smallest absolute Gasteiger partial charge is 0.158 e. The molecule has 0 aliphatic carbocycles. The zero-order valence-corrected chi connectivity index (χ0v) is 16.4. The van der Waals surface area contributed by atoms with Crippen LogP contribution in [0.4, 0.5) is 5.82 Å². The van der Waals surface area contributed by atoms with Crippen LogP contribution in [0.25, 0.3) is 21.3 Å². The van der Waals surface area contributed by atoms with E-state index in [1.54, 1.807) is 30.6 Å². The fourth-order valence-corrected chi connectivity index (χ4v) is 4.14. The van der Waals surface area contributed by atoms with Gasteiger partial charge in [0.15, 0.2) is 5.82 Å². The number of benzene rings is 2. The van der Waals surface area contributed by atoms with E-state index < -0.39 is 0 Å². The summed E-state index contributed by atoms with van der Waals surface area (Å²) in [5.74, 6) is 1.77. The van der Waals surface area contributed by atoms with Gasteiger partial charge in [-0.15, -0.1) is 11.3 Å². The third-order valence-electron chi connectivity index (χ3n) is 4.45. The molecule has 5 nitrogen and oxygen atoms in total. The van der Waals surface area contributed by atoms with Crippen LogP contribution in [-0.2, 0) is 17.8 Å². The van der Waals surface area contributed by atoms with Crippen molar-refractivity contribution in [1.82, 2.24) is 9.97 Å². The Bertz CT molecular complexity index is 1080. The van der Waals surface area contributed by atoms with Gasteiger partial charge in [0.05, 0.1) is 5.39 Å². The normalized spacial score (nSPS) is 11.0. The second-order valence-corrected chi connectivity index (χ2v) is 7.32. The van der Waals surface area contributed by atoms with Crippen molar-refractivity contribution in [1.29, 1.82) is 0 Å². The molecule has 0 radical (unpaired) electrons. The summed E-state index contributed by atoms with van der Waals surface area (Å²) >= 11 is 1.62. The molecule has 0 saturated carbocycles. The predicted octanol–water partition coefficient (Wildman–Crippen LogP) is 4.86. The summed E-state index contributed by atoms with van der Waals surface area (Å²) in [6.45, 7) is 1.07. The Morgan fingerprint density at radius 2 is 1.93 bits per heavy atom.